The zero-order chi connectivity index (χ0) is 17.8. The van der Waals surface area contributed by atoms with Crippen LogP contribution in [0, 0.1) is 0 Å². The Morgan fingerprint density at radius 1 is 1.20 bits per heavy atom. The Kier molecular flexibility index (Phi) is 4.97. The Morgan fingerprint density at radius 3 is 2.56 bits per heavy atom. The number of amides is 1. The van der Waals surface area contributed by atoms with Crippen molar-refractivity contribution in [1.29, 1.82) is 0 Å². The second-order valence-electron chi connectivity index (χ2n) is 6.23. The van der Waals surface area contributed by atoms with Crippen LogP contribution in [0.2, 0.25) is 0 Å². The third-order valence-electron chi connectivity index (χ3n) is 4.62. The number of hydrogen-bond acceptors (Lipinski definition) is 4. The summed E-state index contributed by atoms with van der Waals surface area (Å²) in [7, 11) is 1.91. The first kappa shape index (κ1) is 17.0. The number of benzene rings is 1. The highest BCUT2D eigenvalue weighted by molar-refractivity contribution is 5.84. The van der Waals surface area contributed by atoms with E-state index in [0.29, 0.717) is 19.5 Å². The van der Waals surface area contributed by atoms with Gasteiger partial charge in [-0.05, 0) is 23.3 Å². The van der Waals surface area contributed by atoms with Crippen LogP contribution in [0.5, 0.6) is 0 Å². The van der Waals surface area contributed by atoms with Crippen molar-refractivity contribution in [3.05, 3.63) is 59.9 Å². The maximum Gasteiger partial charge on any atom is 0.326 e. The highest BCUT2D eigenvalue weighted by Crippen LogP contribution is 2.24. The fourth-order valence-corrected chi connectivity index (χ4v) is 3.14. The van der Waals surface area contributed by atoms with E-state index in [2.05, 4.69) is 4.98 Å². The summed E-state index contributed by atoms with van der Waals surface area (Å²) in [4.78, 5) is 31.7. The Bertz CT molecular complexity index is 764. The lowest BCUT2D eigenvalue weighted by Crippen LogP contribution is -2.49. The van der Waals surface area contributed by atoms with Crippen molar-refractivity contribution in [3.8, 4) is 0 Å². The number of carboxylic acids is 1. The third kappa shape index (κ3) is 3.79. The molecule has 1 aromatic carbocycles. The number of rotatable bonds is 5. The van der Waals surface area contributed by atoms with Crippen LogP contribution in [0.4, 0.5) is 5.69 Å². The summed E-state index contributed by atoms with van der Waals surface area (Å²) < 4.78 is 0. The molecule has 1 amide bonds. The quantitative estimate of drug-likeness (QED) is 0.901. The largest absolute Gasteiger partial charge is 0.480 e. The van der Waals surface area contributed by atoms with Gasteiger partial charge in [0.2, 0.25) is 5.91 Å². The average Bonchev–Trinajstić information content (AvgIpc) is 2.65. The maximum atomic E-state index is 12.7. The molecule has 0 saturated heterocycles. The van der Waals surface area contributed by atoms with Crippen LogP contribution < -0.4 is 4.90 Å². The number of pyridine rings is 1. The first-order valence-corrected chi connectivity index (χ1v) is 8.26. The number of anilines is 1. The molecule has 1 atom stereocenters. The highest BCUT2D eigenvalue weighted by Gasteiger charge is 2.34. The lowest BCUT2D eigenvalue weighted by Gasteiger charge is -2.35. The predicted octanol–water partition coefficient (Wildman–Crippen LogP) is 1.95. The van der Waals surface area contributed by atoms with Crippen molar-refractivity contribution in [1.82, 2.24) is 9.88 Å². The molecular weight excluding hydrogens is 318 g/mol. The Labute approximate surface area is 146 Å². The number of aromatic nitrogens is 1. The van der Waals surface area contributed by atoms with E-state index in [1.807, 2.05) is 48.3 Å². The molecule has 0 radical (unpaired) electrons. The molecule has 3 rings (SSSR count). The van der Waals surface area contributed by atoms with Crippen LogP contribution in [0.3, 0.4) is 0 Å². The van der Waals surface area contributed by atoms with Gasteiger partial charge >= 0.3 is 5.97 Å². The van der Waals surface area contributed by atoms with E-state index in [-0.39, 0.29) is 12.3 Å². The van der Waals surface area contributed by atoms with Gasteiger partial charge in [-0.15, -0.1) is 0 Å². The van der Waals surface area contributed by atoms with Crippen LogP contribution >= 0.6 is 0 Å². The summed E-state index contributed by atoms with van der Waals surface area (Å²) in [5.74, 6) is -1.09. The number of carbonyl (C=O) groups excluding carboxylic acids is 1. The molecule has 2 heterocycles. The van der Waals surface area contributed by atoms with Crippen LogP contribution in [0.15, 0.2) is 48.8 Å². The smallest absolute Gasteiger partial charge is 0.326 e. The lowest BCUT2D eigenvalue weighted by atomic mass is 9.93. The average molecular weight is 339 g/mol. The number of nitrogens with zero attached hydrogens (tertiary/aromatic N) is 3. The highest BCUT2D eigenvalue weighted by atomic mass is 16.4. The van der Waals surface area contributed by atoms with Crippen LogP contribution in [-0.2, 0) is 22.6 Å². The summed E-state index contributed by atoms with van der Waals surface area (Å²) in [6.07, 6.45) is 4.04. The third-order valence-corrected chi connectivity index (χ3v) is 4.62. The number of hydrogen-bond donors (Lipinski definition) is 1. The van der Waals surface area contributed by atoms with Gasteiger partial charge in [-0.2, -0.15) is 0 Å². The molecule has 0 unspecified atom stereocenters. The molecule has 1 aromatic heterocycles. The van der Waals surface area contributed by atoms with Gasteiger partial charge in [0, 0.05) is 51.1 Å². The minimum Gasteiger partial charge on any atom is -0.480 e. The summed E-state index contributed by atoms with van der Waals surface area (Å²) in [6.45, 7) is 0.873. The standard InChI is InChI=1S/C19H21N3O3/c1-21(16-6-9-20-10-7-16)11-8-18(23)22-13-15-5-3-2-4-14(15)12-17(22)19(24)25/h2-7,9-10,17H,8,11-13H2,1H3,(H,24,25)/t17-/m1/s1. The second kappa shape index (κ2) is 7.34. The molecule has 1 aliphatic rings. The number of carboxylic acid groups (broad SMARTS) is 1. The van der Waals surface area contributed by atoms with Crippen molar-refractivity contribution >= 4 is 17.6 Å². The van der Waals surface area contributed by atoms with Crippen molar-refractivity contribution in [3.63, 3.8) is 0 Å². The Morgan fingerprint density at radius 2 is 1.88 bits per heavy atom. The Balaban J connectivity index is 1.69. The molecule has 2 aromatic rings. The van der Waals surface area contributed by atoms with E-state index in [1.54, 1.807) is 12.4 Å². The van der Waals surface area contributed by atoms with E-state index in [4.69, 9.17) is 0 Å². The van der Waals surface area contributed by atoms with Crippen LogP contribution in [-0.4, -0.2) is 46.5 Å². The topological polar surface area (TPSA) is 73.7 Å². The molecule has 1 N–H and O–H groups in total. The monoisotopic (exact) mass is 339 g/mol. The summed E-state index contributed by atoms with van der Waals surface area (Å²) in [5, 5.41) is 9.53. The molecule has 0 spiro atoms. The van der Waals surface area contributed by atoms with Crippen LogP contribution in [0.25, 0.3) is 0 Å². The molecule has 0 fully saturated rings. The van der Waals surface area contributed by atoms with Gasteiger partial charge in [-0.3, -0.25) is 9.78 Å². The van der Waals surface area contributed by atoms with E-state index < -0.39 is 12.0 Å². The van der Waals surface area contributed by atoms with E-state index in [1.165, 1.54) is 4.90 Å². The maximum absolute atomic E-state index is 12.7. The fourth-order valence-electron chi connectivity index (χ4n) is 3.14. The van der Waals surface area contributed by atoms with Crippen molar-refractivity contribution < 1.29 is 14.7 Å². The normalized spacial score (nSPS) is 16.2. The van der Waals surface area contributed by atoms with E-state index in [0.717, 1.165) is 16.8 Å². The zero-order valence-electron chi connectivity index (χ0n) is 14.1. The molecular formula is C19H21N3O3. The SMILES string of the molecule is CN(CCC(=O)N1Cc2ccccc2C[C@@H]1C(=O)O)c1ccncc1. The minimum atomic E-state index is -0.953. The van der Waals surface area contributed by atoms with Crippen molar-refractivity contribution in [2.75, 3.05) is 18.5 Å². The van der Waals surface area contributed by atoms with Gasteiger partial charge in [-0.1, -0.05) is 24.3 Å². The van der Waals surface area contributed by atoms with Gasteiger partial charge < -0.3 is 14.9 Å². The predicted molar refractivity (Wildman–Crippen MR) is 94.2 cm³/mol. The molecule has 130 valence electrons. The van der Waals surface area contributed by atoms with Gasteiger partial charge in [0.1, 0.15) is 6.04 Å². The molecule has 6 heteroatoms. The van der Waals surface area contributed by atoms with Gasteiger partial charge in [0.15, 0.2) is 0 Å². The molecule has 25 heavy (non-hydrogen) atoms. The van der Waals surface area contributed by atoms with Gasteiger partial charge in [0.05, 0.1) is 0 Å². The first-order chi connectivity index (χ1) is 12.1. The number of aliphatic carboxylic acids is 1. The van der Waals surface area contributed by atoms with Crippen molar-refractivity contribution in [2.24, 2.45) is 0 Å². The summed E-state index contributed by atoms with van der Waals surface area (Å²) in [6, 6.07) is 10.7. The van der Waals surface area contributed by atoms with Crippen LogP contribution in [0.1, 0.15) is 17.5 Å². The number of carbonyl (C=O) groups is 2. The van der Waals surface area contributed by atoms with Crippen molar-refractivity contribution in [2.45, 2.75) is 25.4 Å². The zero-order valence-corrected chi connectivity index (χ0v) is 14.1. The molecule has 0 aliphatic carbocycles. The number of fused-ring (bicyclic) bond motifs is 1. The summed E-state index contributed by atoms with van der Waals surface area (Å²) in [5.41, 5.74) is 3.00. The van der Waals surface area contributed by atoms with Gasteiger partial charge in [-0.25, -0.2) is 4.79 Å². The minimum absolute atomic E-state index is 0.136. The molecule has 6 nitrogen and oxygen atoms in total. The first-order valence-electron chi connectivity index (χ1n) is 8.26. The molecule has 0 bridgehead atoms. The molecule has 0 saturated carbocycles. The fraction of sp³-hybridized carbons (Fsp3) is 0.316. The molecule has 1 aliphatic heterocycles. The van der Waals surface area contributed by atoms with E-state index in [9.17, 15) is 14.7 Å². The van der Waals surface area contributed by atoms with Gasteiger partial charge in [0.25, 0.3) is 0 Å². The summed E-state index contributed by atoms with van der Waals surface area (Å²) >= 11 is 0. The van der Waals surface area contributed by atoms with E-state index >= 15 is 0 Å². The second-order valence-corrected chi connectivity index (χ2v) is 6.23. The Hall–Kier alpha value is -2.89. The lowest BCUT2D eigenvalue weighted by molar-refractivity contribution is -0.151.